The first-order valence-corrected chi connectivity index (χ1v) is 7.01. The monoisotopic (exact) mass is 259 g/mol. The molecule has 2 rings (SSSR count). The van der Waals surface area contributed by atoms with Gasteiger partial charge in [0.1, 0.15) is 11.9 Å². The molecular formula is C14H21N5. The summed E-state index contributed by atoms with van der Waals surface area (Å²) in [5.41, 5.74) is 0.375. The lowest BCUT2D eigenvalue weighted by atomic mass is 9.99. The minimum Gasteiger partial charge on any atom is -0.355 e. The van der Waals surface area contributed by atoms with Crippen molar-refractivity contribution in [3.05, 3.63) is 18.1 Å². The predicted octanol–water partition coefficient (Wildman–Crippen LogP) is 1.56. The molecule has 19 heavy (non-hydrogen) atoms. The van der Waals surface area contributed by atoms with Gasteiger partial charge in [-0.05, 0) is 38.3 Å². The molecule has 1 aromatic heterocycles. The van der Waals surface area contributed by atoms with Gasteiger partial charge in [0, 0.05) is 13.1 Å². The van der Waals surface area contributed by atoms with Gasteiger partial charge in [-0.25, -0.2) is 9.97 Å². The molecule has 0 aliphatic carbocycles. The Morgan fingerprint density at radius 1 is 1.47 bits per heavy atom. The van der Waals surface area contributed by atoms with Crippen LogP contribution in [0.3, 0.4) is 0 Å². The highest BCUT2D eigenvalue weighted by molar-refractivity contribution is 5.37. The fraction of sp³-hybridized carbons (Fsp3) is 0.643. The zero-order valence-electron chi connectivity index (χ0n) is 11.5. The summed E-state index contributed by atoms with van der Waals surface area (Å²) in [5.74, 6) is 1.56. The van der Waals surface area contributed by atoms with Gasteiger partial charge < -0.3 is 10.2 Å². The Morgan fingerprint density at radius 2 is 2.37 bits per heavy atom. The van der Waals surface area contributed by atoms with Crippen LogP contribution >= 0.6 is 0 Å². The molecule has 2 heterocycles. The Bertz CT molecular complexity index is 416. The zero-order chi connectivity index (χ0) is 13.5. The lowest BCUT2D eigenvalue weighted by Gasteiger charge is -2.30. The highest BCUT2D eigenvalue weighted by Gasteiger charge is 2.17. The van der Waals surface area contributed by atoms with E-state index in [4.69, 9.17) is 5.26 Å². The van der Waals surface area contributed by atoms with E-state index >= 15 is 0 Å². The first-order valence-electron chi connectivity index (χ1n) is 7.01. The Balaban J connectivity index is 2.03. The van der Waals surface area contributed by atoms with Gasteiger partial charge in [-0.3, -0.25) is 0 Å². The van der Waals surface area contributed by atoms with Crippen LogP contribution in [0.2, 0.25) is 0 Å². The largest absolute Gasteiger partial charge is 0.355 e. The molecular weight excluding hydrogens is 238 g/mol. The van der Waals surface area contributed by atoms with Gasteiger partial charge in [-0.1, -0.05) is 6.92 Å². The zero-order valence-corrected chi connectivity index (χ0v) is 11.5. The second-order valence-electron chi connectivity index (χ2n) is 5.03. The second kappa shape index (κ2) is 7.05. The SMILES string of the molecule is CCCN(CC1CCCNC1)c1cnc(C#N)cn1. The molecule has 1 aliphatic rings. The summed E-state index contributed by atoms with van der Waals surface area (Å²) < 4.78 is 0. The molecule has 5 heteroatoms. The molecule has 1 fully saturated rings. The van der Waals surface area contributed by atoms with Gasteiger partial charge in [0.25, 0.3) is 0 Å². The molecule has 0 spiro atoms. The van der Waals surface area contributed by atoms with Crippen LogP contribution < -0.4 is 10.2 Å². The number of hydrogen-bond donors (Lipinski definition) is 1. The Hall–Kier alpha value is -1.67. The number of hydrogen-bond acceptors (Lipinski definition) is 5. The number of anilines is 1. The third-order valence-corrected chi connectivity index (χ3v) is 3.45. The maximum absolute atomic E-state index is 8.76. The van der Waals surface area contributed by atoms with Crippen LogP contribution in [0.25, 0.3) is 0 Å². The normalized spacial score (nSPS) is 18.8. The van der Waals surface area contributed by atoms with Crippen molar-refractivity contribution in [3.63, 3.8) is 0 Å². The van der Waals surface area contributed by atoms with Crippen molar-refractivity contribution in [1.82, 2.24) is 15.3 Å². The Labute approximate surface area is 114 Å². The lowest BCUT2D eigenvalue weighted by molar-refractivity contribution is 0.376. The van der Waals surface area contributed by atoms with Gasteiger partial charge in [0.2, 0.25) is 0 Å². The molecule has 1 N–H and O–H groups in total. The average Bonchev–Trinajstić information content (AvgIpc) is 2.48. The van der Waals surface area contributed by atoms with Gasteiger partial charge in [0.15, 0.2) is 5.69 Å². The first-order chi connectivity index (χ1) is 9.33. The quantitative estimate of drug-likeness (QED) is 0.869. The van der Waals surface area contributed by atoms with Gasteiger partial charge in [0.05, 0.1) is 12.4 Å². The third-order valence-electron chi connectivity index (χ3n) is 3.45. The van der Waals surface area contributed by atoms with Crippen molar-refractivity contribution in [2.45, 2.75) is 26.2 Å². The van der Waals surface area contributed by atoms with Crippen LogP contribution in [0.15, 0.2) is 12.4 Å². The molecule has 0 bridgehead atoms. The highest BCUT2D eigenvalue weighted by atomic mass is 15.2. The standard InChI is InChI=1S/C14H21N5/c1-2-6-19(11-12-4-3-5-16-8-12)14-10-17-13(7-15)9-18-14/h9-10,12,16H,2-6,8,11H2,1H3. The number of nitriles is 1. The molecule has 102 valence electrons. The number of aromatic nitrogens is 2. The number of nitrogens with one attached hydrogen (secondary N) is 1. The summed E-state index contributed by atoms with van der Waals surface area (Å²) in [5, 5.41) is 12.2. The third kappa shape index (κ3) is 3.90. The van der Waals surface area contributed by atoms with Gasteiger partial charge >= 0.3 is 0 Å². The lowest BCUT2D eigenvalue weighted by Crippen LogP contribution is -2.39. The van der Waals surface area contributed by atoms with E-state index in [1.165, 1.54) is 12.8 Å². The topological polar surface area (TPSA) is 64.8 Å². The maximum atomic E-state index is 8.76. The van der Waals surface area contributed by atoms with Crippen molar-refractivity contribution in [1.29, 1.82) is 5.26 Å². The Morgan fingerprint density at radius 3 is 2.95 bits per heavy atom. The minimum atomic E-state index is 0.375. The smallest absolute Gasteiger partial charge is 0.158 e. The van der Waals surface area contributed by atoms with E-state index in [1.54, 1.807) is 12.4 Å². The van der Waals surface area contributed by atoms with Gasteiger partial charge in [-0.15, -0.1) is 0 Å². The van der Waals surface area contributed by atoms with E-state index in [1.807, 2.05) is 6.07 Å². The molecule has 5 nitrogen and oxygen atoms in total. The summed E-state index contributed by atoms with van der Waals surface area (Å²) in [6.45, 7) is 6.40. The predicted molar refractivity (Wildman–Crippen MR) is 74.8 cm³/mol. The number of nitrogens with zero attached hydrogens (tertiary/aromatic N) is 4. The summed E-state index contributed by atoms with van der Waals surface area (Å²) in [6.07, 6.45) is 6.88. The van der Waals surface area contributed by atoms with Crippen LogP contribution in [-0.2, 0) is 0 Å². The van der Waals surface area contributed by atoms with E-state index in [0.29, 0.717) is 11.6 Å². The molecule has 0 radical (unpaired) electrons. The van der Waals surface area contributed by atoms with Crippen LogP contribution in [-0.4, -0.2) is 36.1 Å². The number of piperidine rings is 1. The molecule has 1 saturated heterocycles. The molecule has 1 atom stereocenters. The van der Waals surface area contributed by atoms with Crippen molar-refractivity contribution in [3.8, 4) is 6.07 Å². The fourth-order valence-electron chi connectivity index (χ4n) is 2.50. The first kappa shape index (κ1) is 13.8. The summed E-state index contributed by atoms with van der Waals surface area (Å²) in [4.78, 5) is 10.8. The Kier molecular flexibility index (Phi) is 5.10. The number of rotatable bonds is 5. The molecule has 1 unspecified atom stereocenters. The maximum Gasteiger partial charge on any atom is 0.158 e. The van der Waals surface area contributed by atoms with Crippen LogP contribution in [0, 0.1) is 17.2 Å². The minimum absolute atomic E-state index is 0.375. The van der Waals surface area contributed by atoms with Crippen LogP contribution in [0.5, 0.6) is 0 Å². The van der Waals surface area contributed by atoms with Crippen molar-refractivity contribution >= 4 is 5.82 Å². The van der Waals surface area contributed by atoms with E-state index < -0.39 is 0 Å². The molecule has 0 saturated carbocycles. The van der Waals surface area contributed by atoms with E-state index in [9.17, 15) is 0 Å². The van der Waals surface area contributed by atoms with E-state index in [-0.39, 0.29) is 0 Å². The van der Waals surface area contributed by atoms with E-state index in [0.717, 1.165) is 38.4 Å². The van der Waals surface area contributed by atoms with Crippen molar-refractivity contribution in [2.24, 2.45) is 5.92 Å². The average molecular weight is 259 g/mol. The summed E-state index contributed by atoms with van der Waals surface area (Å²) in [6, 6.07) is 2.00. The molecule has 1 aromatic rings. The molecule has 0 aromatic carbocycles. The summed E-state index contributed by atoms with van der Waals surface area (Å²) in [7, 11) is 0. The van der Waals surface area contributed by atoms with Crippen LogP contribution in [0.4, 0.5) is 5.82 Å². The van der Waals surface area contributed by atoms with Crippen molar-refractivity contribution in [2.75, 3.05) is 31.1 Å². The fourth-order valence-corrected chi connectivity index (χ4v) is 2.50. The van der Waals surface area contributed by atoms with Crippen LogP contribution in [0.1, 0.15) is 31.9 Å². The van der Waals surface area contributed by atoms with Gasteiger partial charge in [-0.2, -0.15) is 5.26 Å². The van der Waals surface area contributed by atoms with Crippen molar-refractivity contribution < 1.29 is 0 Å². The second-order valence-corrected chi connectivity index (χ2v) is 5.03. The molecule has 0 amide bonds. The summed E-state index contributed by atoms with van der Waals surface area (Å²) >= 11 is 0. The highest BCUT2D eigenvalue weighted by Crippen LogP contribution is 2.16. The van der Waals surface area contributed by atoms with E-state index in [2.05, 4.69) is 27.1 Å². The molecule has 1 aliphatic heterocycles.